The Labute approximate surface area is 76.2 Å². The highest BCUT2D eigenvalue weighted by molar-refractivity contribution is 5.85. The average Bonchev–Trinajstić information content (AvgIpc) is 2.15. The highest BCUT2D eigenvalue weighted by atomic mass is 16.5. The van der Waals surface area contributed by atoms with Crippen LogP contribution in [0, 0.1) is 6.92 Å². The quantitative estimate of drug-likeness (QED) is 0.677. The average molecular weight is 181 g/mol. The van der Waals surface area contributed by atoms with Crippen molar-refractivity contribution in [3.05, 3.63) is 17.6 Å². The molecular formula is C8H11N3O2. The van der Waals surface area contributed by atoms with Crippen molar-refractivity contribution in [2.24, 2.45) is 0 Å². The summed E-state index contributed by atoms with van der Waals surface area (Å²) in [4.78, 5) is 18.9. The standard InChI is InChI=1S/C8H11N3O2/c1-5-4-6(9-2)11-7(10-5)8(12)13-3/h4H,1-3H3,(H,9,10,11). The lowest BCUT2D eigenvalue weighted by Crippen LogP contribution is -2.09. The van der Waals surface area contributed by atoms with Crippen LogP contribution < -0.4 is 5.32 Å². The van der Waals surface area contributed by atoms with Crippen molar-refractivity contribution in [3.8, 4) is 0 Å². The number of hydrogen-bond donors (Lipinski definition) is 1. The van der Waals surface area contributed by atoms with Crippen LogP contribution in [0.25, 0.3) is 0 Å². The Morgan fingerprint density at radius 3 is 2.77 bits per heavy atom. The zero-order valence-electron chi connectivity index (χ0n) is 7.79. The van der Waals surface area contributed by atoms with E-state index in [9.17, 15) is 4.79 Å². The number of aryl methyl sites for hydroxylation is 1. The lowest BCUT2D eigenvalue weighted by Gasteiger charge is -2.02. The normalized spacial score (nSPS) is 9.46. The first-order valence-electron chi connectivity index (χ1n) is 3.79. The van der Waals surface area contributed by atoms with Crippen LogP contribution >= 0.6 is 0 Å². The molecule has 70 valence electrons. The van der Waals surface area contributed by atoms with E-state index in [1.807, 2.05) is 0 Å². The van der Waals surface area contributed by atoms with Crippen molar-refractivity contribution in [1.29, 1.82) is 0 Å². The van der Waals surface area contributed by atoms with Crippen LogP contribution in [-0.2, 0) is 4.74 Å². The maximum absolute atomic E-state index is 11.1. The maximum Gasteiger partial charge on any atom is 0.376 e. The zero-order chi connectivity index (χ0) is 9.84. The van der Waals surface area contributed by atoms with Gasteiger partial charge in [-0.15, -0.1) is 0 Å². The molecule has 1 N–H and O–H groups in total. The second-order valence-electron chi connectivity index (χ2n) is 2.46. The van der Waals surface area contributed by atoms with Gasteiger partial charge in [-0.3, -0.25) is 0 Å². The van der Waals surface area contributed by atoms with Gasteiger partial charge in [-0.1, -0.05) is 0 Å². The maximum atomic E-state index is 11.1. The van der Waals surface area contributed by atoms with Gasteiger partial charge in [0.1, 0.15) is 5.82 Å². The largest absolute Gasteiger partial charge is 0.463 e. The minimum atomic E-state index is -0.528. The van der Waals surface area contributed by atoms with Crippen molar-refractivity contribution >= 4 is 11.8 Å². The fourth-order valence-corrected chi connectivity index (χ4v) is 0.879. The zero-order valence-corrected chi connectivity index (χ0v) is 7.79. The molecule has 0 unspecified atom stereocenters. The van der Waals surface area contributed by atoms with E-state index < -0.39 is 5.97 Å². The number of nitrogens with one attached hydrogen (secondary N) is 1. The summed E-state index contributed by atoms with van der Waals surface area (Å²) in [7, 11) is 3.02. The Morgan fingerprint density at radius 1 is 1.54 bits per heavy atom. The van der Waals surface area contributed by atoms with E-state index in [0.29, 0.717) is 5.82 Å². The molecule has 5 nitrogen and oxygen atoms in total. The van der Waals surface area contributed by atoms with Gasteiger partial charge in [0.25, 0.3) is 0 Å². The van der Waals surface area contributed by atoms with Crippen LogP contribution in [0.5, 0.6) is 0 Å². The van der Waals surface area contributed by atoms with E-state index in [2.05, 4.69) is 20.0 Å². The molecule has 0 saturated carbocycles. The molecule has 0 aromatic carbocycles. The van der Waals surface area contributed by atoms with Crippen molar-refractivity contribution in [2.75, 3.05) is 19.5 Å². The molecular weight excluding hydrogens is 170 g/mol. The number of ether oxygens (including phenoxy) is 1. The summed E-state index contributed by atoms with van der Waals surface area (Å²) in [6.07, 6.45) is 0. The van der Waals surface area contributed by atoms with Gasteiger partial charge in [0.15, 0.2) is 0 Å². The smallest absolute Gasteiger partial charge is 0.376 e. The predicted molar refractivity (Wildman–Crippen MR) is 47.7 cm³/mol. The first kappa shape index (κ1) is 9.44. The summed E-state index contributed by atoms with van der Waals surface area (Å²) in [6, 6.07) is 1.74. The second kappa shape index (κ2) is 3.84. The van der Waals surface area contributed by atoms with E-state index >= 15 is 0 Å². The molecule has 0 radical (unpaired) electrons. The molecule has 0 saturated heterocycles. The number of nitrogens with zero attached hydrogens (tertiary/aromatic N) is 2. The highest BCUT2D eigenvalue weighted by Crippen LogP contribution is 2.05. The van der Waals surface area contributed by atoms with Gasteiger partial charge in [0.2, 0.25) is 5.82 Å². The van der Waals surface area contributed by atoms with Crippen LogP contribution in [0.15, 0.2) is 6.07 Å². The third kappa shape index (κ3) is 2.14. The molecule has 1 rings (SSSR count). The summed E-state index contributed by atoms with van der Waals surface area (Å²) in [5.74, 6) is 0.153. The van der Waals surface area contributed by atoms with Gasteiger partial charge >= 0.3 is 5.97 Å². The van der Waals surface area contributed by atoms with Crippen LogP contribution in [-0.4, -0.2) is 30.1 Å². The van der Waals surface area contributed by atoms with Crippen molar-refractivity contribution in [3.63, 3.8) is 0 Å². The number of carbonyl (C=O) groups excluding carboxylic acids is 1. The number of methoxy groups -OCH3 is 1. The van der Waals surface area contributed by atoms with E-state index in [1.54, 1.807) is 20.0 Å². The molecule has 13 heavy (non-hydrogen) atoms. The van der Waals surface area contributed by atoms with Crippen LogP contribution in [0.3, 0.4) is 0 Å². The first-order valence-corrected chi connectivity index (χ1v) is 3.79. The number of rotatable bonds is 2. The van der Waals surface area contributed by atoms with Gasteiger partial charge in [-0.25, -0.2) is 14.8 Å². The Hall–Kier alpha value is -1.65. The summed E-state index contributed by atoms with van der Waals surface area (Å²) in [6.45, 7) is 1.79. The summed E-state index contributed by atoms with van der Waals surface area (Å²) < 4.78 is 4.50. The molecule has 1 heterocycles. The molecule has 0 aliphatic carbocycles. The van der Waals surface area contributed by atoms with Crippen molar-refractivity contribution in [2.45, 2.75) is 6.92 Å². The lowest BCUT2D eigenvalue weighted by atomic mass is 10.4. The SMILES string of the molecule is CNc1cc(C)nc(C(=O)OC)n1. The van der Waals surface area contributed by atoms with Crippen LogP contribution in [0.1, 0.15) is 16.3 Å². The summed E-state index contributed by atoms with van der Waals surface area (Å²) in [5.41, 5.74) is 0.722. The summed E-state index contributed by atoms with van der Waals surface area (Å²) in [5, 5.41) is 2.83. The second-order valence-corrected chi connectivity index (χ2v) is 2.46. The number of anilines is 1. The molecule has 5 heteroatoms. The van der Waals surface area contributed by atoms with Crippen molar-refractivity contribution < 1.29 is 9.53 Å². The van der Waals surface area contributed by atoms with Crippen LogP contribution in [0.4, 0.5) is 5.82 Å². The Balaban J connectivity index is 3.08. The highest BCUT2D eigenvalue weighted by Gasteiger charge is 2.10. The Morgan fingerprint density at radius 2 is 2.23 bits per heavy atom. The van der Waals surface area contributed by atoms with E-state index in [-0.39, 0.29) is 5.82 Å². The summed E-state index contributed by atoms with van der Waals surface area (Å²) >= 11 is 0. The number of esters is 1. The molecule has 0 amide bonds. The Kier molecular flexibility index (Phi) is 2.79. The molecule has 0 spiro atoms. The minimum Gasteiger partial charge on any atom is -0.463 e. The number of hydrogen-bond acceptors (Lipinski definition) is 5. The minimum absolute atomic E-state index is 0.0758. The number of carbonyl (C=O) groups is 1. The fraction of sp³-hybridized carbons (Fsp3) is 0.375. The molecule has 0 fully saturated rings. The van der Waals surface area contributed by atoms with Crippen LogP contribution in [0.2, 0.25) is 0 Å². The third-order valence-electron chi connectivity index (χ3n) is 1.48. The predicted octanol–water partition coefficient (Wildman–Crippen LogP) is 0.613. The monoisotopic (exact) mass is 181 g/mol. The fourth-order valence-electron chi connectivity index (χ4n) is 0.879. The third-order valence-corrected chi connectivity index (χ3v) is 1.48. The van der Waals surface area contributed by atoms with Crippen molar-refractivity contribution in [1.82, 2.24) is 9.97 Å². The lowest BCUT2D eigenvalue weighted by molar-refractivity contribution is 0.0586. The molecule has 0 bridgehead atoms. The van der Waals surface area contributed by atoms with E-state index in [1.165, 1.54) is 7.11 Å². The molecule has 1 aromatic rings. The topological polar surface area (TPSA) is 64.1 Å². The van der Waals surface area contributed by atoms with Gasteiger partial charge in [0, 0.05) is 18.8 Å². The molecule has 0 aliphatic rings. The molecule has 1 aromatic heterocycles. The van der Waals surface area contributed by atoms with Gasteiger partial charge in [-0.05, 0) is 6.92 Å². The molecule has 0 aliphatic heterocycles. The Bertz CT molecular complexity index is 325. The molecule has 0 atom stereocenters. The van der Waals surface area contributed by atoms with Gasteiger partial charge in [0.05, 0.1) is 7.11 Å². The van der Waals surface area contributed by atoms with Gasteiger partial charge < -0.3 is 10.1 Å². The first-order chi connectivity index (χ1) is 6.17. The van der Waals surface area contributed by atoms with E-state index in [4.69, 9.17) is 0 Å². The van der Waals surface area contributed by atoms with Gasteiger partial charge in [-0.2, -0.15) is 0 Å². The number of aromatic nitrogens is 2. The van der Waals surface area contributed by atoms with E-state index in [0.717, 1.165) is 5.69 Å².